The lowest BCUT2D eigenvalue weighted by atomic mass is 9.12. The standard InChI is InChI=1S/C32H12BI24/c34-25(35,36)13-1-14(26(37,38)39)6-21(5-13)33(22-7-15(27(40,41)42)2-16(8-22)28(43,44)45,23-9-17(29(46,47)48)3-18(10-23)30(49,50)51)24-11-19(31(52,53)54)4-20(12-24)32(55,56)57/h1-12H/q-1. The van der Waals surface area contributed by atoms with E-state index in [1.165, 1.54) is 66.4 Å². The smallest absolute Gasteiger partial charge is 0.149 e. The van der Waals surface area contributed by atoms with Crippen molar-refractivity contribution in [1.82, 2.24) is 0 Å². The van der Waals surface area contributed by atoms with E-state index < -0.39 is 6.15 Å². The minimum absolute atomic E-state index is 0.168. The Kier molecular flexibility index (Phi) is 28.1. The number of rotatable bonds is 12. The van der Waals surface area contributed by atoms with E-state index in [-0.39, 0.29) is -4.52 Å². The first kappa shape index (κ1) is 64.0. The van der Waals surface area contributed by atoms with E-state index in [0.717, 1.165) is 0 Å². The van der Waals surface area contributed by atoms with Gasteiger partial charge in [-0.2, -0.15) is 21.9 Å². The summed E-state index contributed by atoms with van der Waals surface area (Å²) in [5.74, 6) is 0. The van der Waals surface area contributed by atoms with Gasteiger partial charge in [0.25, 0.3) is 0 Å². The van der Waals surface area contributed by atoms with Crippen LogP contribution in [-0.2, 0) is -4.52 Å². The summed E-state index contributed by atoms with van der Waals surface area (Å²) in [7, 11) is 0. The molecule has 0 N–H and O–H groups in total. The van der Waals surface area contributed by atoms with Gasteiger partial charge in [-0.25, -0.2) is 0 Å². The van der Waals surface area contributed by atoms with Crippen LogP contribution in [0, 0.1) is 0 Å². The topological polar surface area (TPSA) is 0 Å². The molecule has 0 saturated heterocycles. The third-order valence-corrected chi connectivity index (χ3v) is 23.4. The van der Waals surface area contributed by atoms with Crippen LogP contribution in [0.2, 0.25) is 0 Å². The van der Waals surface area contributed by atoms with Crippen LogP contribution in [-0.4, -0.2) is 6.15 Å². The molecule has 312 valence electrons. The van der Waals surface area contributed by atoms with Gasteiger partial charge in [-0.3, -0.25) is 0 Å². The highest BCUT2D eigenvalue weighted by Gasteiger charge is 2.41. The molecule has 0 radical (unpaired) electrons. The zero-order valence-corrected chi connectivity index (χ0v) is 78.4. The fourth-order valence-electron chi connectivity index (χ4n) is 6.07. The highest BCUT2D eigenvalue weighted by molar-refractivity contribution is 14.3. The number of alkyl halides is 24. The monoisotopic (exact) mass is 3450 g/mol. The Morgan fingerprint density at radius 3 is 0.386 bits per heavy atom. The maximum Gasteiger partial charge on any atom is 0.149 e. The van der Waals surface area contributed by atoms with E-state index in [9.17, 15) is 0 Å². The molecule has 4 rings (SSSR count). The first-order valence-electron chi connectivity index (χ1n) is 14.6. The normalized spacial score (nSPS) is 14.3. The van der Waals surface area contributed by atoms with Crippen LogP contribution in [0.4, 0.5) is 0 Å². The Labute approximate surface area is 662 Å². The van der Waals surface area contributed by atoms with Gasteiger partial charge in [0.2, 0.25) is 0 Å². The number of halogens is 24. The van der Waals surface area contributed by atoms with E-state index in [1.807, 2.05) is 0 Å². The SMILES string of the molecule is IC(I)(I)c1cc([B-](c2cc(C(I)(I)I)cc(C(I)(I)I)c2)(c2cc(C(I)(I)I)cc(C(I)(I)I)c2)c2cc(C(I)(I)I)cc(C(I)(I)I)c2)cc(C(I)(I)I)c1. The molecule has 0 nitrogen and oxygen atoms in total. The minimum atomic E-state index is -1.88. The number of hydrogen-bond donors (Lipinski definition) is 0. The van der Waals surface area contributed by atoms with Gasteiger partial charge in [0.1, 0.15) is 1.63 Å². The molecular weight excluding hydrogens is 3440 g/mol. The highest BCUT2D eigenvalue weighted by atomic mass is 127. The zero-order chi connectivity index (χ0) is 43.9. The van der Waals surface area contributed by atoms with Gasteiger partial charge < -0.3 is 0 Å². The van der Waals surface area contributed by atoms with E-state index in [0.29, 0.717) is 0 Å². The van der Waals surface area contributed by atoms with Gasteiger partial charge >= 0.3 is 0 Å². The molecule has 57 heavy (non-hydrogen) atoms. The average molecular weight is 3450 g/mol. The summed E-state index contributed by atoms with van der Waals surface area (Å²) in [5.41, 5.74) is 15.9. The molecule has 0 heterocycles. The number of benzene rings is 4. The quantitative estimate of drug-likeness (QED) is 0.0753. The Morgan fingerprint density at radius 1 is 0.193 bits per heavy atom. The van der Waals surface area contributed by atoms with Crippen LogP contribution in [0.25, 0.3) is 0 Å². The van der Waals surface area contributed by atoms with Gasteiger partial charge in [-0.1, -0.05) is 72.8 Å². The van der Waals surface area contributed by atoms with Crippen molar-refractivity contribution in [1.29, 1.82) is 0 Å². The lowest BCUT2D eigenvalue weighted by molar-refractivity contribution is 1.33. The predicted molar refractivity (Wildman–Crippen MR) is 460 cm³/mol. The molecule has 25 heteroatoms. The summed E-state index contributed by atoms with van der Waals surface area (Å²) < 4.78 is -1.34. The molecule has 0 saturated carbocycles. The Hall–Kier alpha value is 14.5. The first-order valence-corrected chi connectivity index (χ1v) is 40.5. The summed E-state index contributed by atoms with van der Waals surface area (Å²) in [6.45, 7) is 0. The van der Waals surface area contributed by atoms with Gasteiger partial charge in [0, 0.05) is 0 Å². The second kappa shape index (κ2) is 25.1. The second-order valence-electron chi connectivity index (χ2n) is 12.2. The molecule has 4 aromatic rings. The van der Waals surface area contributed by atoms with E-state index in [1.54, 1.807) is 0 Å². The minimum Gasteiger partial charge on any atom is -0.194 e. The predicted octanol–water partition coefficient (Wildman–Crippen LogP) is 22.4. The van der Waals surface area contributed by atoms with Crippen molar-refractivity contribution in [3.05, 3.63) is 117 Å². The van der Waals surface area contributed by atoms with Crippen LogP contribution < -0.4 is 21.9 Å². The molecule has 0 amide bonds. The molecule has 0 fully saturated rings. The van der Waals surface area contributed by atoms with E-state index >= 15 is 0 Å². The van der Waals surface area contributed by atoms with Crippen LogP contribution in [0.1, 0.15) is 44.5 Å². The van der Waals surface area contributed by atoms with E-state index in [4.69, 9.17) is 0 Å². The van der Waals surface area contributed by atoms with Crippen molar-refractivity contribution in [2.45, 2.75) is -4.52 Å². The summed E-state index contributed by atoms with van der Waals surface area (Å²) in [4.78, 5) is 0. The molecule has 0 unspecified atom stereocenters. The van der Waals surface area contributed by atoms with Crippen LogP contribution in [0.3, 0.4) is 0 Å². The third kappa shape index (κ3) is 18.3. The Morgan fingerprint density at radius 2 is 0.298 bits per heavy atom. The van der Waals surface area contributed by atoms with Crippen molar-refractivity contribution in [2.75, 3.05) is 0 Å². The summed E-state index contributed by atoms with van der Waals surface area (Å²) in [6, 6.07) is 30.2. The van der Waals surface area contributed by atoms with Crippen LogP contribution in [0.15, 0.2) is 72.8 Å². The maximum absolute atomic E-state index is 2.63. The van der Waals surface area contributed by atoms with Gasteiger partial charge in [0.15, 0.2) is 0 Å². The molecule has 0 bridgehead atoms. The zero-order valence-electron chi connectivity index (χ0n) is 26.6. The molecule has 0 aromatic heterocycles. The van der Waals surface area contributed by atoms with Crippen molar-refractivity contribution >= 4 is 570 Å². The highest BCUT2D eigenvalue weighted by Crippen LogP contribution is 2.55. The third-order valence-electron chi connectivity index (χ3n) is 8.44. The summed E-state index contributed by atoms with van der Waals surface area (Å²) in [5, 5.41) is 0. The summed E-state index contributed by atoms with van der Waals surface area (Å²) in [6.07, 6.45) is -1.88. The van der Waals surface area contributed by atoms with Crippen molar-refractivity contribution in [2.24, 2.45) is 0 Å². The Bertz CT molecular complexity index is 1700. The van der Waals surface area contributed by atoms with Crippen molar-refractivity contribution in [3.8, 4) is 0 Å². The first-order chi connectivity index (χ1) is 25.3. The van der Waals surface area contributed by atoms with Gasteiger partial charge in [0.05, 0.1) is 0 Å². The van der Waals surface area contributed by atoms with Crippen LogP contribution >= 0.6 is 542 Å². The van der Waals surface area contributed by atoms with Crippen molar-refractivity contribution in [3.63, 3.8) is 0 Å². The molecule has 0 aliphatic carbocycles. The van der Waals surface area contributed by atoms with E-state index in [2.05, 4.69) is 615 Å². The molecule has 0 aliphatic rings. The van der Waals surface area contributed by atoms with Gasteiger partial charge in [-0.15, -0.1) is 0 Å². The van der Waals surface area contributed by atoms with Crippen molar-refractivity contribution < 1.29 is 0 Å². The lowest BCUT2D eigenvalue weighted by Crippen LogP contribution is -2.75. The molecular formula is C32H12BI24-. The molecule has 0 aliphatic heterocycles. The lowest BCUT2D eigenvalue weighted by Gasteiger charge is -2.47. The second-order valence-corrected chi connectivity index (χ2v) is 101. The molecule has 0 atom stereocenters. The largest absolute Gasteiger partial charge is 0.194 e. The van der Waals surface area contributed by atoms with Gasteiger partial charge in [-0.05, 0) is 587 Å². The molecule has 4 aromatic carbocycles. The van der Waals surface area contributed by atoms with Crippen LogP contribution in [0.5, 0.6) is 0 Å². The molecule has 0 spiro atoms. The maximum atomic E-state index is 2.63. The fraction of sp³-hybridized carbons (Fsp3) is 0.250. The summed E-state index contributed by atoms with van der Waals surface area (Å²) >= 11 is 63.0. The average Bonchev–Trinajstić information content (AvgIpc) is 3.01. The fourth-order valence-corrected chi connectivity index (χ4v) is 13.5. The Balaban J connectivity index is 2.62. The number of hydrogen-bond acceptors (Lipinski definition) is 0.